The molecule has 0 radical (unpaired) electrons. The summed E-state index contributed by atoms with van der Waals surface area (Å²) >= 11 is 0. The third-order valence-corrected chi connectivity index (χ3v) is 3.51. The van der Waals surface area contributed by atoms with Gasteiger partial charge in [-0.1, -0.05) is 39.0 Å². The Bertz CT molecular complexity index is 227. The SMILES string of the molecule is CCCCCCCCC(=O)N[C@H]1CCN(C)C1.Cl.Cl. The molecule has 0 aromatic rings. The number of halogens is 2. The highest BCUT2D eigenvalue weighted by molar-refractivity contribution is 5.85. The first-order valence-corrected chi connectivity index (χ1v) is 7.20. The number of hydrogen-bond donors (Lipinski definition) is 1. The highest BCUT2D eigenvalue weighted by atomic mass is 35.5. The second-order valence-corrected chi connectivity index (χ2v) is 5.33. The van der Waals surface area contributed by atoms with Crippen molar-refractivity contribution in [1.29, 1.82) is 0 Å². The normalized spacial score (nSPS) is 18.5. The summed E-state index contributed by atoms with van der Waals surface area (Å²) in [6.07, 6.45) is 9.32. The molecule has 0 bridgehead atoms. The number of nitrogens with zero attached hydrogens (tertiary/aromatic N) is 1. The first-order valence-electron chi connectivity index (χ1n) is 7.20. The van der Waals surface area contributed by atoms with Crippen LogP contribution in [-0.4, -0.2) is 37.0 Å². The van der Waals surface area contributed by atoms with Crippen molar-refractivity contribution < 1.29 is 4.79 Å². The molecule has 1 amide bonds. The predicted molar refractivity (Wildman–Crippen MR) is 86.5 cm³/mol. The number of likely N-dealkylation sites (tertiary alicyclic amines) is 1. The lowest BCUT2D eigenvalue weighted by atomic mass is 10.1. The zero-order valence-electron chi connectivity index (χ0n) is 12.3. The fourth-order valence-corrected chi connectivity index (χ4v) is 2.42. The van der Waals surface area contributed by atoms with E-state index in [1.54, 1.807) is 0 Å². The smallest absolute Gasteiger partial charge is 0.220 e. The van der Waals surface area contributed by atoms with Gasteiger partial charge in [-0.05, 0) is 26.4 Å². The molecule has 1 saturated heterocycles. The van der Waals surface area contributed by atoms with E-state index >= 15 is 0 Å². The number of likely N-dealkylation sites (N-methyl/N-ethyl adjacent to an activating group) is 1. The number of carbonyl (C=O) groups is 1. The highest BCUT2D eigenvalue weighted by Gasteiger charge is 2.20. The Morgan fingerprint density at radius 3 is 2.37 bits per heavy atom. The van der Waals surface area contributed by atoms with Gasteiger partial charge in [-0.2, -0.15) is 0 Å². The van der Waals surface area contributed by atoms with Gasteiger partial charge < -0.3 is 10.2 Å². The van der Waals surface area contributed by atoms with E-state index in [9.17, 15) is 4.79 Å². The summed E-state index contributed by atoms with van der Waals surface area (Å²) in [6.45, 7) is 4.36. The first kappa shape index (κ1) is 21.3. The van der Waals surface area contributed by atoms with Gasteiger partial charge >= 0.3 is 0 Å². The summed E-state index contributed by atoms with van der Waals surface area (Å²) in [5, 5.41) is 3.13. The van der Waals surface area contributed by atoms with Gasteiger partial charge in [-0.3, -0.25) is 4.79 Å². The van der Waals surface area contributed by atoms with Gasteiger partial charge in [0.25, 0.3) is 0 Å². The predicted octanol–water partition coefficient (Wildman–Crippen LogP) is 3.40. The van der Waals surface area contributed by atoms with Gasteiger partial charge in [0.2, 0.25) is 5.91 Å². The van der Waals surface area contributed by atoms with Crippen LogP contribution in [0.1, 0.15) is 58.3 Å². The van der Waals surface area contributed by atoms with Crippen molar-refractivity contribution in [3.05, 3.63) is 0 Å². The molecule has 1 atom stereocenters. The minimum absolute atomic E-state index is 0. The van der Waals surface area contributed by atoms with E-state index in [-0.39, 0.29) is 30.7 Å². The lowest BCUT2D eigenvalue weighted by Gasteiger charge is -2.12. The molecule has 3 nitrogen and oxygen atoms in total. The standard InChI is InChI=1S/C14H28N2O.2ClH/c1-3-4-5-6-7-8-9-14(17)15-13-10-11-16(2)12-13;;/h13H,3-12H2,1-2H3,(H,15,17);2*1H/t13-;;/m0../s1. The molecule has 0 aromatic carbocycles. The second-order valence-electron chi connectivity index (χ2n) is 5.33. The Morgan fingerprint density at radius 2 is 1.79 bits per heavy atom. The van der Waals surface area contributed by atoms with E-state index in [4.69, 9.17) is 0 Å². The van der Waals surface area contributed by atoms with Crippen LogP contribution in [0.2, 0.25) is 0 Å². The molecule has 116 valence electrons. The van der Waals surface area contributed by atoms with Crippen molar-refractivity contribution in [2.24, 2.45) is 0 Å². The van der Waals surface area contributed by atoms with E-state index in [0.29, 0.717) is 12.5 Å². The molecule has 0 saturated carbocycles. The third-order valence-electron chi connectivity index (χ3n) is 3.51. The molecule has 19 heavy (non-hydrogen) atoms. The van der Waals surface area contributed by atoms with Crippen molar-refractivity contribution >= 4 is 30.7 Å². The molecular formula is C14H30Cl2N2O. The van der Waals surface area contributed by atoms with E-state index in [2.05, 4.69) is 24.2 Å². The van der Waals surface area contributed by atoms with Gasteiger partial charge in [0, 0.05) is 19.0 Å². The Labute approximate surface area is 130 Å². The molecule has 5 heteroatoms. The highest BCUT2D eigenvalue weighted by Crippen LogP contribution is 2.09. The topological polar surface area (TPSA) is 32.3 Å². The fraction of sp³-hybridized carbons (Fsp3) is 0.929. The Morgan fingerprint density at radius 1 is 1.16 bits per heavy atom. The van der Waals surface area contributed by atoms with Crippen LogP contribution in [0.4, 0.5) is 0 Å². The Kier molecular flexibility index (Phi) is 14.6. The average Bonchev–Trinajstić information content (AvgIpc) is 2.69. The molecule has 0 unspecified atom stereocenters. The maximum Gasteiger partial charge on any atom is 0.220 e. The van der Waals surface area contributed by atoms with Gasteiger partial charge in [0.15, 0.2) is 0 Å². The van der Waals surface area contributed by atoms with E-state index in [1.807, 2.05) is 0 Å². The zero-order chi connectivity index (χ0) is 12.5. The monoisotopic (exact) mass is 312 g/mol. The molecule has 0 spiro atoms. The van der Waals surface area contributed by atoms with Gasteiger partial charge in [0.1, 0.15) is 0 Å². The van der Waals surface area contributed by atoms with Crippen molar-refractivity contribution in [1.82, 2.24) is 10.2 Å². The largest absolute Gasteiger partial charge is 0.352 e. The van der Waals surface area contributed by atoms with E-state index in [0.717, 1.165) is 25.9 Å². The van der Waals surface area contributed by atoms with Crippen LogP contribution >= 0.6 is 24.8 Å². The molecule has 1 aliphatic heterocycles. The van der Waals surface area contributed by atoms with Crippen LogP contribution in [0.5, 0.6) is 0 Å². The minimum atomic E-state index is 0. The number of carbonyl (C=O) groups excluding carboxylic acids is 1. The van der Waals surface area contributed by atoms with E-state index in [1.165, 1.54) is 32.1 Å². The maximum atomic E-state index is 11.7. The van der Waals surface area contributed by atoms with Crippen molar-refractivity contribution in [2.45, 2.75) is 64.3 Å². The lowest BCUT2D eigenvalue weighted by molar-refractivity contribution is -0.121. The van der Waals surface area contributed by atoms with Crippen LogP contribution in [0.3, 0.4) is 0 Å². The van der Waals surface area contributed by atoms with E-state index < -0.39 is 0 Å². The number of hydrogen-bond acceptors (Lipinski definition) is 2. The average molecular weight is 313 g/mol. The molecule has 0 aromatic heterocycles. The number of nitrogens with one attached hydrogen (secondary N) is 1. The van der Waals surface area contributed by atoms with Crippen molar-refractivity contribution in [3.8, 4) is 0 Å². The third kappa shape index (κ3) is 10.5. The van der Waals surface area contributed by atoms with Crippen LogP contribution in [0.15, 0.2) is 0 Å². The summed E-state index contributed by atoms with van der Waals surface area (Å²) in [7, 11) is 2.11. The lowest BCUT2D eigenvalue weighted by Crippen LogP contribution is -2.36. The number of unbranched alkanes of at least 4 members (excludes halogenated alkanes) is 5. The minimum Gasteiger partial charge on any atom is -0.352 e. The van der Waals surface area contributed by atoms with Crippen molar-refractivity contribution in [2.75, 3.05) is 20.1 Å². The zero-order valence-corrected chi connectivity index (χ0v) is 14.0. The van der Waals surface area contributed by atoms with Crippen LogP contribution < -0.4 is 5.32 Å². The summed E-state index contributed by atoms with van der Waals surface area (Å²) in [6, 6.07) is 0.396. The van der Waals surface area contributed by atoms with Crippen LogP contribution in [-0.2, 0) is 4.79 Å². The molecule has 1 rings (SSSR count). The summed E-state index contributed by atoms with van der Waals surface area (Å²) in [4.78, 5) is 13.9. The summed E-state index contributed by atoms with van der Waals surface area (Å²) in [5.41, 5.74) is 0. The summed E-state index contributed by atoms with van der Waals surface area (Å²) < 4.78 is 0. The fourth-order valence-electron chi connectivity index (χ4n) is 2.42. The van der Waals surface area contributed by atoms with Gasteiger partial charge in [0.05, 0.1) is 0 Å². The van der Waals surface area contributed by atoms with Gasteiger partial charge in [-0.15, -0.1) is 24.8 Å². The van der Waals surface area contributed by atoms with Gasteiger partial charge in [-0.25, -0.2) is 0 Å². The molecule has 1 aliphatic rings. The molecule has 0 aliphatic carbocycles. The Balaban J connectivity index is 0. The molecule has 1 N–H and O–H groups in total. The maximum absolute atomic E-state index is 11.7. The van der Waals surface area contributed by atoms with Crippen LogP contribution in [0, 0.1) is 0 Å². The molecular weight excluding hydrogens is 283 g/mol. The van der Waals surface area contributed by atoms with Crippen molar-refractivity contribution in [3.63, 3.8) is 0 Å². The molecule has 1 heterocycles. The number of amides is 1. The van der Waals surface area contributed by atoms with Crippen LogP contribution in [0.25, 0.3) is 0 Å². The molecule has 1 fully saturated rings. The number of rotatable bonds is 8. The quantitative estimate of drug-likeness (QED) is 0.697. The summed E-state index contributed by atoms with van der Waals surface area (Å²) in [5.74, 6) is 0.251. The Hall–Kier alpha value is 0.01000. The first-order chi connectivity index (χ1) is 8.22. The second kappa shape index (κ2) is 13.0.